The number of hydrogen-bond donors (Lipinski definition) is 4. The van der Waals surface area contributed by atoms with Gasteiger partial charge in [0.15, 0.2) is 0 Å². The molecule has 0 aromatic heterocycles. The molecule has 35 heavy (non-hydrogen) atoms. The summed E-state index contributed by atoms with van der Waals surface area (Å²) in [6, 6.07) is 0. The summed E-state index contributed by atoms with van der Waals surface area (Å²) < 4.78 is 13.2. The first-order valence-electron chi connectivity index (χ1n) is 13.9. The highest BCUT2D eigenvalue weighted by atomic mass is 19.1. The molecule has 0 aliphatic heterocycles. The zero-order chi connectivity index (χ0) is 25.9. The number of fused-ring (bicyclic) bond motifs is 1. The van der Waals surface area contributed by atoms with Crippen LogP contribution in [0.25, 0.3) is 0 Å². The molecule has 3 saturated carbocycles. The van der Waals surface area contributed by atoms with Gasteiger partial charge in [-0.25, -0.2) is 4.39 Å². The lowest BCUT2D eigenvalue weighted by molar-refractivity contribution is -0.165. The predicted molar refractivity (Wildman–Crippen MR) is 140 cm³/mol. The van der Waals surface area contributed by atoms with E-state index in [1.165, 1.54) is 32.1 Å². The molecular weight excluding hydrogens is 443 g/mol. The molecule has 0 aromatic rings. The lowest BCUT2D eigenvalue weighted by Gasteiger charge is -2.46. The van der Waals surface area contributed by atoms with E-state index in [4.69, 9.17) is 0 Å². The second-order valence-corrected chi connectivity index (χ2v) is 12.0. The lowest BCUT2D eigenvalue weighted by atomic mass is 9.59. The second-order valence-electron chi connectivity index (χ2n) is 12.0. The summed E-state index contributed by atoms with van der Waals surface area (Å²) in [5, 5.41) is 41.1. The van der Waals surface area contributed by atoms with E-state index in [0.717, 1.165) is 24.8 Å². The standard InChI is InChI=1S/C30H49FO4/c1-5-29(34,6-2)17-8-7-10-21(3)24-14-15-25-23(11-9-16-28(24,25)4)13-12-22-18-26(32)30(35,20-31)27(33)19-22/h7-8,10,12,17,21,23-27,32-35H,5-6,9,11,13-16,18-20H2,1-4H3/t21-,23-,24?,25?,26-,27-,28?,30?/m1/s1. The Hall–Kier alpha value is -1.01. The minimum absolute atomic E-state index is 0.231. The molecule has 0 bridgehead atoms. The summed E-state index contributed by atoms with van der Waals surface area (Å²) in [7, 11) is 0. The molecule has 200 valence electrons. The van der Waals surface area contributed by atoms with Crippen LogP contribution >= 0.6 is 0 Å². The molecule has 5 heteroatoms. The van der Waals surface area contributed by atoms with E-state index in [0.29, 0.717) is 29.1 Å². The number of hydrogen-bond acceptors (Lipinski definition) is 4. The van der Waals surface area contributed by atoms with Crippen molar-refractivity contribution in [2.24, 2.45) is 29.1 Å². The lowest BCUT2D eigenvalue weighted by Crippen LogP contribution is -2.57. The molecular formula is C30H49FO4. The maximum atomic E-state index is 13.2. The van der Waals surface area contributed by atoms with Gasteiger partial charge in [-0.05, 0) is 86.9 Å². The summed E-state index contributed by atoms with van der Waals surface area (Å²) in [6.07, 6.45) is 17.0. The fourth-order valence-electron chi connectivity index (χ4n) is 7.44. The van der Waals surface area contributed by atoms with Gasteiger partial charge >= 0.3 is 0 Å². The van der Waals surface area contributed by atoms with E-state index in [2.05, 4.69) is 32.1 Å². The van der Waals surface area contributed by atoms with Gasteiger partial charge in [-0.2, -0.15) is 0 Å². The molecule has 3 rings (SSSR count). The highest BCUT2D eigenvalue weighted by Gasteiger charge is 2.52. The van der Waals surface area contributed by atoms with Crippen molar-refractivity contribution < 1.29 is 24.8 Å². The smallest absolute Gasteiger partial charge is 0.145 e. The van der Waals surface area contributed by atoms with Gasteiger partial charge in [0.05, 0.1) is 17.8 Å². The molecule has 4 N–H and O–H groups in total. The van der Waals surface area contributed by atoms with Crippen LogP contribution in [0.3, 0.4) is 0 Å². The molecule has 0 spiro atoms. The molecule has 3 unspecified atom stereocenters. The maximum absolute atomic E-state index is 13.2. The van der Waals surface area contributed by atoms with Gasteiger partial charge in [0.1, 0.15) is 12.3 Å². The normalized spacial score (nSPS) is 39.3. The Morgan fingerprint density at radius 2 is 1.74 bits per heavy atom. The molecule has 3 fully saturated rings. The van der Waals surface area contributed by atoms with Crippen LogP contribution in [0, 0.1) is 29.1 Å². The summed E-state index contributed by atoms with van der Waals surface area (Å²) in [5.41, 5.74) is -1.50. The van der Waals surface area contributed by atoms with Gasteiger partial charge < -0.3 is 20.4 Å². The fraction of sp³-hybridized carbons (Fsp3) is 0.800. The maximum Gasteiger partial charge on any atom is 0.145 e. The average Bonchev–Trinajstić information content (AvgIpc) is 3.21. The molecule has 0 saturated heterocycles. The van der Waals surface area contributed by atoms with Crippen molar-refractivity contribution in [1.82, 2.24) is 0 Å². The minimum atomic E-state index is -2.04. The quantitative estimate of drug-likeness (QED) is 0.248. The molecule has 0 aromatic carbocycles. The van der Waals surface area contributed by atoms with Crippen LogP contribution < -0.4 is 0 Å². The summed E-state index contributed by atoms with van der Waals surface area (Å²) in [4.78, 5) is 0. The number of allylic oxidation sites excluding steroid dienone is 4. The van der Waals surface area contributed by atoms with Gasteiger partial charge in [0.2, 0.25) is 0 Å². The summed E-state index contributed by atoms with van der Waals surface area (Å²) >= 11 is 0. The zero-order valence-corrected chi connectivity index (χ0v) is 22.3. The number of halogens is 1. The van der Waals surface area contributed by atoms with Crippen LogP contribution in [-0.4, -0.2) is 50.5 Å². The van der Waals surface area contributed by atoms with Crippen molar-refractivity contribution in [2.75, 3.05) is 6.67 Å². The Bertz CT molecular complexity index is 771. The third-order valence-corrected chi connectivity index (χ3v) is 10.1. The summed E-state index contributed by atoms with van der Waals surface area (Å²) in [5.74, 6) is 2.37. The number of aliphatic hydroxyl groups excluding tert-OH is 2. The molecule has 3 aliphatic rings. The predicted octanol–water partition coefficient (Wildman–Crippen LogP) is 5.65. The van der Waals surface area contributed by atoms with Gasteiger partial charge in [-0.15, -0.1) is 0 Å². The minimum Gasteiger partial charge on any atom is -0.390 e. The molecule has 0 heterocycles. The van der Waals surface area contributed by atoms with Crippen LogP contribution in [-0.2, 0) is 0 Å². The largest absolute Gasteiger partial charge is 0.390 e. The Morgan fingerprint density at radius 1 is 1.09 bits per heavy atom. The first kappa shape index (κ1) is 28.6. The zero-order valence-electron chi connectivity index (χ0n) is 22.3. The van der Waals surface area contributed by atoms with Crippen LogP contribution in [0.5, 0.6) is 0 Å². The number of aliphatic hydroxyl groups is 4. The van der Waals surface area contributed by atoms with Crippen LogP contribution in [0.4, 0.5) is 4.39 Å². The van der Waals surface area contributed by atoms with Gasteiger partial charge in [0.25, 0.3) is 0 Å². The fourth-order valence-corrected chi connectivity index (χ4v) is 7.44. The van der Waals surface area contributed by atoms with E-state index >= 15 is 0 Å². The third kappa shape index (κ3) is 5.95. The second kappa shape index (κ2) is 11.6. The van der Waals surface area contributed by atoms with Gasteiger partial charge in [-0.1, -0.05) is 70.1 Å². The molecule has 3 aliphatic carbocycles. The third-order valence-electron chi connectivity index (χ3n) is 10.1. The highest BCUT2D eigenvalue weighted by molar-refractivity contribution is 5.17. The molecule has 0 amide bonds. The monoisotopic (exact) mass is 492 g/mol. The highest BCUT2D eigenvalue weighted by Crippen LogP contribution is 2.60. The van der Waals surface area contributed by atoms with E-state index in [9.17, 15) is 24.8 Å². The van der Waals surface area contributed by atoms with Crippen molar-refractivity contribution in [3.8, 4) is 0 Å². The first-order chi connectivity index (χ1) is 16.5. The molecule has 7 atom stereocenters. The van der Waals surface area contributed by atoms with Crippen molar-refractivity contribution in [2.45, 2.75) is 115 Å². The van der Waals surface area contributed by atoms with E-state index in [1.807, 2.05) is 26.0 Å². The van der Waals surface area contributed by atoms with Crippen molar-refractivity contribution in [1.29, 1.82) is 0 Å². The van der Waals surface area contributed by atoms with Crippen LogP contribution in [0.2, 0.25) is 0 Å². The van der Waals surface area contributed by atoms with Crippen molar-refractivity contribution in [3.05, 3.63) is 36.0 Å². The van der Waals surface area contributed by atoms with E-state index in [-0.39, 0.29) is 12.8 Å². The Balaban J connectivity index is 1.63. The van der Waals surface area contributed by atoms with E-state index < -0.39 is 30.1 Å². The average molecular weight is 493 g/mol. The molecule has 0 radical (unpaired) electrons. The first-order valence-corrected chi connectivity index (χ1v) is 13.9. The van der Waals surface area contributed by atoms with E-state index in [1.54, 1.807) is 0 Å². The summed E-state index contributed by atoms with van der Waals surface area (Å²) in [6.45, 7) is 7.71. The number of alkyl halides is 1. The van der Waals surface area contributed by atoms with Crippen molar-refractivity contribution in [3.63, 3.8) is 0 Å². The molecule has 4 nitrogen and oxygen atoms in total. The van der Waals surface area contributed by atoms with Crippen LogP contribution in [0.1, 0.15) is 91.9 Å². The Labute approximate surface area is 212 Å². The van der Waals surface area contributed by atoms with Gasteiger partial charge in [0, 0.05) is 0 Å². The topological polar surface area (TPSA) is 80.9 Å². The Kier molecular flexibility index (Phi) is 9.45. The number of rotatable bonds is 9. The van der Waals surface area contributed by atoms with Gasteiger partial charge in [-0.3, -0.25) is 0 Å². The van der Waals surface area contributed by atoms with Crippen molar-refractivity contribution >= 4 is 0 Å². The van der Waals surface area contributed by atoms with Crippen LogP contribution in [0.15, 0.2) is 36.0 Å². The SMILES string of the molecule is CCC(O)(C=CC=C[C@@H](C)C1CCC2[C@@H](CC=C3C[C@@H](O)C(O)(CF)[C@H](O)C3)CCCC21C)CC. The Morgan fingerprint density at radius 3 is 2.34 bits per heavy atom.